The number of methoxy groups -OCH3 is 1. The molecule has 4 nitrogen and oxygen atoms in total. The molecule has 0 radical (unpaired) electrons. The maximum atomic E-state index is 11.7. The molecule has 0 saturated heterocycles. The van der Waals surface area contributed by atoms with Crippen LogP contribution in [0.5, 0.6) is 5.75 Å². The first-order valence-corrected chi connectivity index (χ1v) is 7.81. The Kier molecular flexibility index (Phi) is 5.90. The normalized spacial score (nSPS) is 10.2. The predicted octanol–water partition coefficient (Wildman–Crippen LogP) is 3.18. The molecule has 1 amide bonds. The van der Waals surface area contributed by atoms with Crippen molar-refractivity contribution in [3.05, 3.63) is 45.6 Å². The number of carbonyl (C=O) groups excluding carboxylic acids is 1. The summed E-state index contributed by atoms with van der Waals surface area (Å²) in [6.45, 7) is 0.859. The average molecular weight is 325 g/mol. The molecule has 0 spiro atoms. The lowest BCUT2D eigenvalue weighted by Gasteiger charge is -2.09. The first-order valence-electron chi connectivity index (χ1n) is 6.55. The lowest BCUT2D eigenvalue weighted by atomic mass is 10.3. The molecule has 2 aromatic rings. The summed E-state index contributed by atoms with van der Waals surface area (Å²) in [5, 5.41) is 8.46. The third kappa shape index (κ3) is 4.95. The zero-order chi connectivity index (χ0) is 15.1. The monoisotopic (exact) mass is 324 g/mol. The Morgan fingerprint density at radius 1 is 1.38 bits per heavy atom. The van der Waals surface area contributed by atoms with Crippen LogP contribution in [0, 0.1) is 0 Å². The van der Waals surface area contributed by atoms with Crippen LogP contribution in [-0.2, 0) is 11.2 Å². The van der Waals surface area contributed by atoms with E-state index in [1.165, 1.54) is 4.88 Å². The number of anilines is 1. The van der Waals surface area contributed by atoms with Crippen molar-refractivity contribution in [2.45, 2.75) is 6.42 Å². The SMILES string of the molecule is COc1ccc(NCC(=O)NCCc2cccs2)cc1Cl. The summed E-state index contributed by atoms with van der Waals surface area (Å²) in [5.41, 5.74) is 0.786. The van der Waals surface area contributed by atoms with Gasteiger partial charge >= 0.3 is 0 Å². The summed E-state index contributed by atoms with van der Waals surface area (Å²) in [4.78, 5) is 13.0. The standard InChI is InChI=1S/C15H17ClN2O2S/c1-20-14-5-4-11(9-13(14)16)18-10-15(19)17-7-6-12-3-2-8-21-12/h2-5,8-9,18H,6-7,10H2,1H3,(H,17,19). The van der Waals surface area contributed by atoms with E-state index in [1.807, 2.05) is 17.5 Å². The number of halogens is 1. The van der Waals surface area contributed by atoms with Gasteiger partial charge in [0.2, 0.25) is 5.91 Å². The van der Waals surface area contributed by atoms with Gasteiger partial charge < -0.3 is 15.4 Å². The largest absolute Gasteiger partial charge is 0.495 e. The van der Waals surface area contributed by atoms with Gasteiger partial charge in [-0.2, -0.15) is 0 Å². The van der Waals surface area contributed by atoms with Crippen LogP contribution >= 0.6 is 22.9 Å². The Morgan fingerprint density at radius 3 is 2.90 bits per heavy atom. The number of amides is 1. The van der Waals surface area contributed by atoms with Crippen molar-refractivity contribution in [1.82, 2.24) is 5.32 Å². The van der Waals surface area contributed by atoms with Gasteiger partial charge in [-0.1, -0.05) is 17.7 Å². The molecule has 0 aliphatic rings. The van der Waals surface area contributed by atoms with Crippen molar-refractivity contribution in [3.63, 3.8) is 0 Å². The number of nitrogens with one attached hydrogen (secondary N) is 2. The van der Waals surface area contributed by atoms with E-state index in [1.54, 1.807) is 30.6 Å². The van der Waals surface area contributed by atoms with Gasteiger partial charge in [0.25, 0.3) is 0 Å². The molecule has 112 valence electrons. The molecule has 1 aromatic carbocycles. The van der Waals surface area contributed by atoms with Crippen LogP contribution in [0.15, 0.2) is 35.7 Å². The fourth-order valence-electron chi connectivity index (χ4n) is 1.80. The number of rotatable bonds is 7. The van der Waals surface area contributed by atoms with E-state index in [0.29, 0.717) is 17.3 Å². The second-order valence-corrected chi connectivity index (χ2v) is 5.82. The van der Waals surface area contributed by atoms with E-state index >= 15 is 0 Å². The van der Waals surface area contributed by atoms with Gasteiger partial charge in [0, 0.05) is 17.1 Å². The summed E-state index contributed by atoms with van der Waals surface area (Å²) in [7, 11) is 1.56. The number of ether oxygens (including phenoxy) is 1. The van der Waals surface area contributed by atoms with E-state index in [4.69, 9.17) is 16.3 Å². The van der Waals surface area contributed by atoms with Crippen LogP contribution in [0.25, 0.3) is 0 Å². The maximum absolute atomic E-state index is 11.7. The molecule has 2 rings (SSSR count). The topological polar surface area (TPSA) is 50.4 Å². The molecule has 0 saturated carbocycles. The van der Waals surface area contributed by atoms with Crippen LogP contribution < -0.4 is 15.4 Å². The average Bonchev–Trinajstić information content (AvgIpc) is 2.98. The zero-order valence-electron chi connectivity index (χ0n) is 11.7. The highest BCUT2D eigenvalue weighted by Crippen LogP contribution is 2.26. The molecular formula is C15H17ClN2O2S. The highest BCUT2D eigenvalue weighted by Gasteiger charge is 2.04. The summed E-state index contributed by atoms with van der Waals surface area (Å²) in [6, 6.07) is 9.40. The van der Waals surface area contributed by atoms with E-state index in [-0.39, 0.29) is 12.5 Å². The van der Waals surface area contributed by atoms with Crippen LogP contribution in [0.4, 0.5) is 5.69 Å². The molecule has 0 bridgehead atoms. The quantitative estimate of drug-likeness (QED) is 0.822. The van der Waals surface area contributed by atoms with Crippen LogP contribution in [-0.4, -0.2) is 26.1 Å². The van der Waals surface area contributed by atoms with Gasteiger partial charge in [-0.3, -0.25) is 4.79 Å². The molecule has 0 unspecified atom stereocenters. The summed E-state index contributed by atoms with van der Waals surface area (Å²) in [5.74, 6) is 0.570. The van der Waals surface area contributed by atoms with Crippen molar-refractivity contribution in [1.29, 1.82) is 0 Å². The van der Waals surface area contributed by atoms with Gasteiger partial charge in [-0.05, 0) is 36.1 Å². The number of hydrogen-bond donors (Lipinski definition) is 2. The second kappa shape index (κ2) is 7.90. The number of carbonyl (C=O) groups is 1. The molecule has 1 aromatic heterocycles. The molecule has 0 fully saturated rings. The third-order valence-electron chi connectivity index (χ3n) is 2.88. The van der Waals surface area contributed by atoms with E-state index in [9.17, 15) is 4.79 Å². The van der Waals surface area contributed by atoms with E-state index < -0.39 is 0 Å². The minimum atomic E-state index is -0.0431. The Balaban J connectivity index is 1.72. The fraction of sp³-hybridized carbons (Fsp3) is 0.267. The third-order valence-corrected chi connectivity index (χ3v) is 4.11. The number of benzene rings is 1. The fourth-order valence-corrected chi connectivity index (χ4v) is 2.77. The molecule has 6 heteroatoms. The first-order chi connectivity index (χ1) is 10.2. The minimum absolute atomic E-state index is 0.0431. The van der Waals surface area contributed by atoms with Gasteiger partial charge in [-0.25, -0.2) is 0 Å². The van der Waals surface area contributed by atoms with Crippen LogP contribution in [0.3, 0.4) is 0 Å². The lowest BCUT2D eigenvalue weighted by molar-refractivity contribution is -0.119. The Bertz CT molecular complexity index is 587. The Labute approximate surface area is 133 Å². The van der Waals surface area contributed by atoms with Gasteiger partial charge in [0.15, 0.2) is 0 Å². The lowest BCUT2D eigenvalue weighted by Crippen LogP contribution is -2.31. The van der Waals surface area contributed by atoms with Crippen molar-refractivity contribution in [2.75, 3.05) is 25.5 Å². The second-order valence-electron chi connectivity index (χ2n) is 4.38. The number of thiophene rings is 1. The highest BCUT2D eigenvalue weighted by atomic mass is 35.5. The van der Waals surface area contributed by atoms with Gasteiger partial charge in [0.1, 0.15) is 5.75 Å². The van der Waals surface area contributed by atoms with Gasteiger partial charge in [0.05, 0.1) is 18.7 Å². The minimum Gasteiger partial charge on any atom is -0.495 e. The molecule has 0 aliphatic heterocycles. The molecule has 1 heterocycles. The first kappa shape index (κ1) is 15.7. The molecular weight excluding hydrogens is 308 g/mol. The van der Waals surface area contributed by atoms with Gasteiger partial charge in [-0.15, -0.1) is 11.3 Å². The highest BCUT2D eigenvalue weighted by molar-refractivity contribution is 7.09. The molecule has 2 N–H and O–H groups in total. The Morgan fingerprint density at radius 2 is 2.24 bits per heavy atom. The summed E-state index contributed by atoms with van der Waals surface area (Å²) >= 11 is 7.72. The Hall–Kier alpha value is -1.72. The molecule has 0 atom stereocenters. The summed E-state index contributed by atoms with van der Waals surface area (Å²) in [6.07, 6.45) is 0.859. The molecule has 0 aliphatic carbocycles. The van der Waals surface area contributed by atoms with Crippen molar-refractivity contribution < 1.29 is 9.53 Å². The van der Waals surface area contributed by atoms with E-state index in [2.05, 4.69) is 16.7 Å². The predicted molar refractivity (Wildman–Crippen MR) is 87.5 cm³/mol. The van der Waals surface area contributed by atoms with Crippen molar-refractivity contribution in [3.8, 4) is 5.75 Å². The van der Waals surface area contributed by atoms with Crippen molar-refractivity contribution >= 4 is 34.5 Å². The van der Waals surface area contributed by atoms with Crippen LogP contribution in [0.1, 0.15) is 4.88 Å². The van der Waals surface area contributed by atoms with Crippen LogP contribution in [0.2, 0.25) is 5.02 Å². The zero-order valence-corrected chi connectivity index (χ0v) is 13.3. The number of hydrogen-bond acceptors (Lipinski definition) is 4. The van der Waals surface area contributed by atoms with E-state index in [0.717, 1.165) is 12.1 Å². The summed E-state index contributed by atoms with van der Waals surface area (Å²) < 4.78 is 5.08. The smallest absolute Gasteiger partial charge is 0.239 e. The maximum Gasteiger partial charge on any atom is 0.239 e. The molecule has 21 heavy (non-hydrogen) atoms. The van der Waals surface area contributed by atoms with Crippen molar-refractivity contribution in [2.24, 2.45) is 0 Å².